The summed E-state index contributed by atoms with van der Waals surface area (Å²) in [5.41, 5.74) is 1.65. The molecule has 120 valence electrons. The molecule has 0 spiro atoms. The maximum absolute atomic E-state index is 12.2. The number of hydrogen-bond acceptors (Lipinski definition) is 3. The largest absolute Gasteiger partial charge is 0.345 e. The fraction of sp³-hybridized carbons (Fsp3) is 0.105. The molecule has 5 heteroatoms. The van der Waals surface area contributed by atoms with E-state index in [1.165, 1.54) is 6.08 Å². The van der Waals surface area contributed by atoms with Crippen LogP contribution in [0.4, 0.5) is 0 Å². The number of nitrogens with one attached hydrogen (secondary N) is 1. The summed E-state index contributed by atoms with van der Waals surface area (Å²) in [4.78, 5) is 16.3. The molecule has 1 aromatic carbocycles. The number of rotatable bonds is 5. The third-order valence-corrected chi connectivity index (χ3v) is 3.49. The van der Waals surface area contributed by atoms with E-state index in [1.807, 2.05) is 43.3 Å². The molecule has 1 aromatic heterocycles. The van der Waals surface area contributed by atoms with Crippen LogP contribution < -0.4 is 5.32 Å². The van der Waals surface area contributed by atoms with Crippen LogP contribution in [-0.4, -0.2) is 10.9 Å². The third kappa shape index (κ3) is 5.08. The molecular weight excluding hydrogens is 322 g/mol. The lowest BCUT2D eigenvalue weighted by Crippen LogP contribution is -2.27. The first-order valence-electron chi connectivity index (χ1n) is 7.37. The topological polar surface area (TPSA) is 65.8 Å². The maximum atomic E-state index is 12.2. The average Bonchev–Trinajstić information content (AvgIpc) is 2.59. The van der Waals surface area contributed by atoms with Gasteiger partial charge in [0, 0.05) is 0 Å². The minimum Gasteiger partial charge on any atom is -0.345 e. The van der Waals surface area contributed by atoms with Crippen molar-refractivity contribution in [2.45, 2.75) is 13.0 Å². The van der Waals surface area contributed by atoms with Gasteiger partial charge in [-0.2, -0.15) is 5.26 Å². The number of nitriles is 1. The number of aromatic nitrogens is 1. The van der Waals surface area contributed by atoms with Crippen molar-refractivity contribution in [2.24, 2.45) is 0 Å². The number of amides is 1. The Labute approximate surface area is 146 Å². The van der Waals surface area contributed by atoms with Gasteiger partial charge in [-0.25, -0.2) is 4.98 Å². The maximum Gasteiger partial charge on any atom is 0.262 e. The van der Waals surface area contributed by atoms with Crippen molar-refractivity contribution in [3.05, 3.63) is 82.7 Å². The molecule has 0 aliphatic heterocycles. The van der Waals surface area contributed by atoms with Crippen LogP contribution in [0, 0.1) is 11.3 Å². The first-order chi connectivity index (χ1) is 11.6. The summed E-state index contributed by atoms with van der Waals surface area (Å²) in [6.45, 7) is 1.87. The Balaban J connectivity index is 2.04. The molecule has 1 amide bonds. The zero-order chi connectivity index (χ0) is 17.4. The lowest BCUT2D eigenvalue weighted by molar-refractivity contribution is -0.117. The fourth-order valence-corrected chi connectivity index (χ4v) is 2.19. The van der Waals surface area contributed by atoms with Crippen LogP contribution in [0.2, 0.25) is 5.15 Å². The van der Waals surface area contributed by atoms with E-state index < -0.39 is 5.91 Å². The second-order valence-electron chi connectivity index (χ2n) is 5.04. The minimum atomic E-state index is -0.419. The van der Waals surface area contributed by atoms with Crippen LogP contribution in [0.25, 0.3) is 6.08 Å². The quantitative estimate of drug-likeness (QED) is 0.387. The average molecular weight is 338 g/mol. The summed E-state index contributed by atoms with van der Waals surface area (Å²) in [5, 5.41) is 12.4. The van der Waals surface area contributed by atoms with Crippen molar-refractivity contribution in [2.75, 3.05) is 0 Å². The molecule has 1 atom stereocenters. The molecule has 4 nitrogen and oxygen atoms in total. The third-order valence-electron chi connectivity index (χ3n) is 3.28. The van der Waals surface area contributed by atoms with Crippen LogP contribution in [0.1, 0.15) is 24.2 Å². The van der Waals surface area contributed by atoms with Gasteiger partial charge in [0.1, 0.15) is 16.8 Å². The lowest BCUT2D eigenvalue weighted by Gasteiger charge is -2.13. The van der Waals surface area contributed by atoms with Crippen LogP contribution in [0.3, 0.4) is 0 Å². The van der Waals surface area contributed by atoms with Gasteiger partial charge in [-0.05, 0) is 36.8 Å². The minimum absolute atomic E-state index is 0.0241. The SMILES string of the molecule is C[C@@H](NC(=O)/C(C#N)=C/C=C/c1cccc(Cl)n1)c1ccccc1. The van der Waals surface area contributed by atoms with Gasteiger partial charge in [0.05, 0.1) is 11.7 Å². The first kappa shape index (κ1) is 17.5. The molecule has 1 N–H and O–H groups in total. The van der Waals surface area contributed by atoms with Crippen LogP contribution in [-0.2, 0) is 4.79 Å². The number of pyridine rings is 1. The number of allylic oxidation sites excluding steroid dienone is 2. The Kier molecular flexibility index (Phi) is 6.30. The van der Waals surface area contributed by atoms with Crippen molar-refractivity contribution >= 4 is 23.6 Å². The summed E-state index contributed by atoms with van der Waals surface area (Å²) >= 11 is 5.80. The van der Waals surface area contributed by atoms with E-state index in [4.69, 9.17) is 11.6 Å². The predicted octanol–water partition coefficient (Wildman–Crippen LogP) is 4.08. The van der Waals surface area contributed by atoms with Gasteiger partial charge in [-0.15, -0.1) is 0 Å². The molecule has 2 aromatic rings. The number of benzene rings is 1. The summed E-state index contributed by atoms with van der Waals surface area (Å²) in [5.74, 6) is -0.419. The van der Waals surface area contributed by atoms with Gasteiger partial charge in [0.15, 0.2) is 0 Å². The van der Waals surface area contributed by atoms with E-state index in [9.17, 15) is 10.1 Å². The number of carbonyl (C=O) groups is 1. The molecule has 1 heterocycles. The Bertz CT molecular complexity index is 807. The molecule has 0 aliphatic carbocycles. The van der Waals surface area contributed by atoms with Crippen molar-refractivity contribution in [3.63, 3.8) is 0 Å². The van der Waals surface area contributed by atoms with E-state index in [0.29, 0.717) is 10.8 Å². The summed E-state index contributed by atoms with van der Waals surface area (Å²) in [7, 11) is 0. The highest BCUT2D eigenvalue weighted by molar-refractivity contribution is 6.29. The second-order valence-corrected chi connectivity index (χ2v) is 5.43. The van der Waals surface area contributed by atoms with Crippen molar-refractivity contribution in [1.29, 1.82) is 5.26 Å². The van der Waals surface area contributed by atoms with Gasteiger partial charge < -0.3 is 5.32 Å². The van der Waals surface area contributed by atoms with E-state index in [2.05, 4.69) is 10.3 Å². The van der Waals surface area contributed by atoms with Gasteiger partial charge >= 0.3 is 0 Å². The zero-order valence-electron chi connectivity index (χ0n) is 13.1. The zero-order valence-corrected chi connectivity index (χ0v) is 13.9. The van der Waals surface area contributed by atoms with E-state index >= 15 is 0 Å². The standard InChI is InChI=1S/C19H16ClN3O/c1-14(15-7-3-2-4-8-15)22-19(24)16(13-21)9-5-10-17-11-6-12-18(20)23-17/h2-12,14H,1H3,(H,22,24)/b10-5+,16-9+/t14-/m1/s1. The van der Waals surface area contributed by atoms with Gasteiger partial charge in [-0.3, -0.25) is 4.79 Å². The highest BCUT2D eigenvalue weighted by Crippen LogP contribution is 2.12. The number of nitrogens with zero attached hydrogens (tertiary/aromatic N) is 2. The molecule has 24 heavy (non-hydrogen) atoms. The van der Waals surface area contributed by atoms with Crippen LogP contribution in [0.15, 0.2) is 66.3 Å². The highest BCUT2D eigenvalue weighted by Gasteiger charge is 2.12. The molecule has 0 radical (unpaired) electrons. The second kappa shape index (κ2) is 8.66. The fourth-order valence-electron chi connectivity index (χ4n) is 2.02. The number of hydrogen-bond donors (Lipinski definition) is 1. The van der Waals surface area contributed by atoms with Gasteiger partial charge in [-0.1, -0.05) is 54.1 Å². The Morgan fingerprint density at radius 2 is 2.00 bits per heavy atom. The van der Waals surface area contributed by atoms with Crippen molar-refractivity contribution < 1.29 is 4.79 Å². The van der Waals surface area contributed by atoms with Gasteiger partial charge in [0.25, 0.3) is 5.91 Å². The normalized spacial score (nSPS) is 12.6. The lowest BCUT2D eigenvalue weighted by atomic mass is 10.1. The van der Waals surface area contributed by atoms with Gasteiger partial charge in [0.2, 0.25) is 0 Å². The molecular formula is C19H16ClN3O. The molecule has 0 aliphatic rings. The summed E-state index contributed by atoms with van der Waals surface area (Å²) in [6, 6.07) is 16.5. The molecule has 2 rings (SSSR count). The van der Waals surface area contributed by atoms with E-state index in [0.717, 1.165) is 5.56 Å². The Morgan fingerprint density at radius 3 is 2.67 bits per heavy atom. The molecule has 0 saturated carbocycles. The summed E-state index contributed by atoms with van der Waals surface area (Å²) < 4.78 is 0. The summed E-state index contributed by atoms with van der Waals surface area (Å²) in [6.07, 6.45) is 4.73. The van der Waals surface area contributed by atoms with E-state index in [1.54, 1.807) is 30.4 Å². The molecule has 0 fully saturated rings. The number of halogens is 1. The Hall–Kier alpha value is -2.90. The molecule has 0 bridgehead atoms. The molecule has 0 unspecified atom stereocenters. The highest BCUT2D eigenvalue weighted by atomic mass is 35.5. The molecule has 0 saturated heterocycles. The monoisotopic (exact) mass is 337 g/mol. The van der Waals surface area contributed by atoms with Crippen molar-refractivity contribution in [1.82, 2.24) is 10.3 Å². The number of carbonyl (C=O) groups excluding carboxylic acids is 1. The van der Waals surface area contributed by atoms with Crippen molar-refractivity contribution in [3.8, 4) is 6.07 Å². The Morgan fingerprint density at radius 1 is 1.25 bits per heavy atom. The van der Waals surface area contributed by atoms with Crippen LogP contribution >= 0.6 is 11.6 Å². The predicted molar refractivity (Wildman–Crippen MR) is 95.0 cm³/mol. The first-order valence-corrected chi connectivity index (χ1v) is 7.75. The van der Waals surface area contributed by atoms with Crippen LogP contribution in [0.5, 0.6) is 0 Å². The smallest absolute Gasteiger partial charge is 0.262 e. The van der Waals surface area contributed by atoms with E-state index in [-0.39, 0.29) is 11.6 Å².